The Morgan fingerprint density at radius 2 is 0.419 bits per heavy atom. The molecule has 0 bridgehead atoms. The highest BCUT2D eigenvalue weighted by molar-refractivity contribution is 6.17. The van der Waals surface area contributed by atoms with Gasteiger partial charge in [0.2, 0.25) is 5.95 Å². The molecular formula is C98H61N7. The second kappa shape index (κ2) is 23.2. The number of aromatic nitrogens is 7. The minimum atomic E-state index is 0.628. The highest BCUT2D eigenvalue weighted by atomic mass is 15.2. The van der Waals surface area contributed by atoms with Crippen molar-refractivity contribution in [3.63, 3.8) is 0 Å². The predicted molar refractivity (Wildman–Crippen MR) is 438 cm³/mol. The van der Waals surface area contributed by atoms with Crippen molar-refractivity contribution in [3.8, 4) is 84.5 Å². The van der Waals surface area contributed by atoms with Gasteiger partial charge in [-0.1, -0.05) is 212 Å². The summed E-state index contributed by atoms with van der Waals surface area (Å²) in [4.78, 5) is 10.9. The van der Waals surface area contributed by atoms with Gasteiger partial charge in [0.25, 0.3) is 0 Å². The molecule has 0 fully saturated rings. The molecule has 16 aromatic carbocycles. The number of benzene rings is 16. The normalized spacial score (nSPS) is 12.0. The second-order valence-corrected chi connectivity index (χ2v) is 27.7. The van der Waals surface area contributed by atoms with Crippen molar-refractivity contribution in [2.24, 2.45) is 0 Å². The van der Waals surface area contributed by atoms with Gasteiger partial charge < -0.3 is 18.3 Å². The van der Waals surface area contributed by atoms with Crippen LogP contribution in [-0.2, 0) is 0 Å². The Kier molecular flexibility index (Phi) is 13.0. The van der Waals surface area contributed by atoms with Gasteiger partial charge in [0.05, 0.1) is 66.4 Å². The van der Waals surface area contributed by atoms with Gasteiger partial charge in [-0.3, -0.25) is 4.57 Å². The van der Waals surface area contributed by atoms with Crippen molar-refractivity contribution in [1.82, 2.24) is 32.8 Å². The first-order chi connectivity index (χ1) is 52.1. The van der Waals surface area contributed by atoms with Crippen molar-refractivity contribution >= 4 is 120 Å². The second-order valence-electron chi connectivity index (χ2n) is 27.7. The van der Waals surface area contributed by atoms with Gasteiger partial charge in [-0.2, -0.15) is 0 Å². The fourth-order valence-corrected chi connectivity index (χ4v) is 17.1. The largest absolute Gasteiger partial charge is 0.309 e. The summed E-state index contributed by atoms with van der Waals surface area (Å²) in [5, 5.41) is 13.1. The average Bonchev–Trinajstić information content (AvgIpc) is 1.61. The molecule has 22 rings (SSSR count). The van der Waals surface area contributed by atoms with Crippen LogP contribution in [0.5, 0.6) is 0 Å². The minimum absolute atomic E-state index is 0.628. The predicted octanol–water partition coefficient (Wildman–Crippen LogP) is 25.5. The lowest BCUT2D eigenvalue weighted by molar-refractivity contribution is 1.01. The van der Waals surface area contributed by atoms with E-state index in [-0.39, 0.29) is 0 Å². The van der Waals surface area contributed by atoms with E-state index in [1.54, 1.807) is 0 Å². The van der Waals surface area contributed by atoms with Crippen molar-refractivity contribution in [3.05, 3.63) is 370 Å². The molecule has 488 valence electrons. The lowest BCUT2D eigenvalue weighted by atomic mass is 9.98. The summed E-state index contributed by atoms with van der Waals surface area (Å²) in [6.45, 7) is 0. The van der Waals surface area contributed by atoms with Crippen LogP contribution in [0.4, 0.5) is 0 Å². The Labute approximate surface area is 603 Å². The number of hydrogen-bond donors (Lipinski definition) is 0. The van der Waals surface area contributed by atoms with Gasteiger partial charge in [0, 0.05) is 87.6 Å². The van der Waals surface area contributed by atoms with Gasteiger partial charge in [0.1, 0.15) is 0 Å². The molecule has 0 amide bonds. The zero-order chi connectivity index (χ0) is 68.8. The van der Waals surface area contributed by atoms with Crippen LogP contribution in [0.1, 0.15) is 0 Å². The number of hydrogen-bond acceptors (Lipinski definition) is 2. The van der Waals surface area contributed by atoms with E-state index in [4.69, 9.17) is 9.97 Å². The third kappa shape index (κ3) is 9.18. The van der Waals surface area contributed by atoms with Crippen LogP contribution in [0.25, 0.3) is 204 Å². The van der Waals surface area contributed by atoms with Crippen molar-refractivity contribution in [2.75, 3.05) is 0 Å². The zero-order valence-corrected chi connectivity index (χ0v) is 56.8. The number of rotatable bonds is 10. The van der Waals surface area contributed by atoms with Crippen LogP contribution < -0.4 is 0 Å². The van der Waals surface area contributed by atoms with Crippen molar-refractivity contribution in [1.29, 1.82) is 0 Å². The van der Waals surface area contributed by atoms with Gasteiger partial charge >= 0.3 is 0 Å². The number of nitrogens with zero attached hydrogens (tertiary/aromatic N) is 7. The molecule has 0 radical (unpaired) electrons. The fourth-order valence-electron chi connectivity index (χ4n) is 17.1. The molecule has 6 heterocycles. The van der Waals surface area contributed by atoms with Crippen LogP contribution in [0.15, 0.2) is 370 Å². The van der Waals surface area contributed by atoms with Crippen LogP contribution in [0, 0.1) is 0 Å². The average molecular weight is 1340 g/mol. The summed E-state index contributed by atoms with van der Waals surface area (Å²) in [6.07, 6.45) is 0. The molecule has 105 heavy (non-hydrogen) atoms. The Balaban J connectivity index is 0.602. The third-order valence-corrected chi connectivity index (χ3v) is 21.9. The van der Waals surface area contributed by atoms with Gasteiger partial charge in [-0.15, -0.1) is 0 Å². The molecule has 0 N–H and O–H groups in total. The SMILES string of the molecule is c1ccc(-n2c3ccccc3c3cc(-c4ccc5c(c4)c4cc(-c6ccc7c(c6)c6ccccc6n7-c6ccc(-c7cccc(-c8nc(-n9c%10ccccc%10c%10cc(-c%11ccc%12c(c%11)c%11ccccc%11n%12-c%11ccccc%11)ccc%109)nc9ccccc89)c7)cc6)ccc4n5-c4ccccc4)ccc32)cc1. The zero-order valence-electron chi connectivity index (χ0n) is 56.8. The van der Waals surface area contributed by atoms with Crippen molar-refractivity contribution in [2.45, 2.75) is 0 Å². The van der Waals surface area contributed by atoms with E-state index in [9.17, 15) is 0 Å². The van der Waals surface area contributed by atoms with Crippen LogP contribution in [0.2, 0.25) is 0 Å². The highest BCUT2D eigenvalue weighted by Gasteiger charge is 2.23. The molecule has 0 spiro atoms. The molecule has 22 aromatic rings. The first-order valence-electron chi connectivity index (χ1n) is 35.9. The molecule has 7 nitrogen and oxygen atoms in total. The van der Waals surface area contributed by atoms with Gasteiger partial charge in [-0.05, 0) is 202 Å². The lowest BCUT2D eigenvalue weighted by Gasteiger charge is -2.13. The standard InChI is InChI=1S/C98H61N7/c1-4-23-71(24-5-1)101-87-35-16-11-29-75(87)80-56-64(41-49-91(80)101)67-46-54-96-83(59-67)78-32-14-19-38-90(78)105(96)98-99-86-34-15-10-33-79(86)97(100-98)70-22-20-21-63(55-70)62-39-47-74(48-40-62)104-89-37-18-13-31-77(89)82-58-66(43-51-93(82)104)69-45-53-95-85(61-69)84-60-68(44-52-94(84)103(95)73-27-8-3-9-28-73)65-42-50-92-81(57-65)76-30-12-17-36-88(76)102(92)72-25-6-2-7-26-72/h1-61H. The molecule has 0 saturated heterocycles. The van der Waals surface area contributed by atoms with Crippen molar-refractivity contribution < 1.29 is 0 Å². The van der Waals surface area contributed by atoms with Crippen LogP contribution in [0.3, 0.4) is 0 Å². The molecule has 0 unspecified atom stereocenters. The molecule has 0 aliphatic carbocycles. The summed E-state index contributed by atoms with van der Waals surface area (Å²) < 4.78 is 11.8. The van der Waals surface area contributed by atoms with Gasteiger partial charge in [0.15, 0.2) is 0 Å². The molecule has 0 saturated carbocycles. The van der Waals surface area contributed by atoms with E-state index in [1.807, 2.05) is 0 Å². The summed E-state index contributed by atoms with van der Waals surface area (Å²) in [6, 6.07) is 135. The van der Waals surface area contributed by atoms with E-state index in [1.165, 1.54) is 98.4 Å². The fraction of sp³-hybridized carbons (Fsp3) is 0. The maximum atomic E-state index is 5.57. The lowest BCUT2D eigenvalue weighted by Crippen LogP contribution is -2.03. The summed E-state index contributed by atoms with van der Waals surface area (Å²) in [7, 11) is 0. The summed E-state index contributed by atoms with van der Waals surface area (Å²) >= 11 is 0. The quantitative estimate of drug-likeness (QED) is 0.137. The maximum Gasteiger partial charge on any atom is 0.235 e. The monoisotopic (exact) mass is 1340 g/mol. The minimum Gasteiger partial charge on any atom is -0.309 e. The Morgan fingerprint density at radius 1 is 0.152 bits per heavy atom. The Hall–Kier alpha value is -14.1. The van der Waals surface area contributed by atoms with E-state index in [0.717, 1.165) is 100 Å². The maximum absolute atomic E-state index is 5.57. The van der Waals surface area contributed by atoms with E-state index in [2.05, 4.69) is 393 Å². The highest BCUT2D eigenvalue weighted by Crippen LogP contribution is 2.44. The number of para-hydroxylation sites is 8. The third-order valence-electron chi connectivity index (χ3n) is 21.9. The van der Waals surface area contributed by atoms with Crippen LogP contribution >= 0.6 is 0 Å². The number of fused-ring (bicyclic) bond motifs is 16. The molecular weight excluding hydrogens is 1280 g/mol. The van der Waals surface area contributed by atoms with E-state index in [0.29, 0.717) is 5.95 Å². The molecule has 0 atom stereocenters. The molecule has 0 aliphatic heterocycles. The van der Waals surface area contributed by atoms with E-state index < -0.39 is 0 Å². The summed E-state index contributed by atoms with van der Waals surface area (Å²) in [5.41, 5.74) is 28.1. The molecule has 7 heteroatoms. The Morgan fingerprint density at radius 3 is 0.800 bits per heavy atom. The first-order valence-corrected chi connectivity index (χ1v) is 35.9. The molecule has 0 aliphatic rings. The topological polar surface area (TPSA) is 50.4 Å². The first kappa shape index (κ1) is 58.6. The van der Waals surface area contributed by atoms with E-state index >= 15 is 0 Å². The Bertz CT molecular complexity index is 7310. The smallest absolute Gasteiger partial charge is 0.235 e. The summed E-state index contributed by atoms with van der Waals surface area (Å²) in [5.74, 6) is 0.628. The van der Waals surface area contributed by atoms with Crippen LogP contribution in [-0.4, -0.2) is 32.8 Å². The van der Waals surface area contributed by atoms with Gasteiger partial charge in [-0.25, -0.2) is 9.97 Å². The molecule has 6 aromatic heterocycles.